The Hall–Kier alpha value is -6.44. The van der Waals surface area contributed by atoms with Gasteiger partial charge in [-0.1, -0.05) is 140 Å². The Bertz CT molecular complexity index is 3070. The first-order valence-corrected chi connectivity index (χ1v) is 16.9. The highest BCUT2D eigenvalue weighted by Gasteiger charge is 2.20. The van der Waals surface area contributed by atoms with Crippen molar-refractivity contribution in [2.24, 2.45) is 0 Å². The van der Waals surface area contributed by atoms with E-state index >= 15 is 0 Å². The fraction of sp³-hybridized carbons (Fsp3) is 0. The topological polar surface area (TPSA) is 13.1 Å². The van der Waals surface area contributed by atoms with Gasteiger partial charge in [0.15, 0.2) is 0 Å². The molecule has 1 aromatic heterocycles. The zero-order valence-corrected chi connectivity index (χ0v) is 26.6. The number of furan rings is 1. The lowest BCUT2D eigenvalue weighted by molar-refractivity contribution is 0.669. The van der Waals surface area contributed by atoms with Crippen molar-refractivity contribution < 1.29 is 4.42 Å². The number of hydrogen-bond acceptors (Lipinski definition) is 1. The van der Waals surface area contributed by atoms with Gasteiger partial charge in [-0.05, 0) is 118 Å². The van der Waals surface area contributed by atoms with Crippen LogP contribution in [-0.2, 0) is 0 Å². The van der Waals surface area contributed by atoms with Crippen LogP contribution in [0.3, 0.4) is 0 Å². The van der Waals surface area contributed by atoms with Crippen molar-refractivity contribution in [2.45, 2.75) is 0 Å². The average molecular weight is 621 g/mol. The lowest BCUT2D eigenvalue weighted by Gasteiger charge is -2.16. The van der Waals surface area contributed by atoms with E-state index in [0.29, 0.717) is 0 Å². The molecular weight excluding hydrogens is 593 g/mol. The van der Waals surface area contributed by atoms with E-state index in [-0.39, 0.29) is 0 Å². The summed E-state index contributed by atoms with van der Waals surface area (Å²) in [5.41, 5.74) is 9.00. The van der Waals surface area contributed by atoms with Crippen LogP contribution in [0.25, 0.3) is 109 Å². The van der Waals surface area contributed by atoms with Crippen LogP contribution in [0.2, 0.25) is 0 Å². The predicted octanol–water partition coefficient (Wildman–Crippen LogP) is 13.8. The first-order chi connectivity index (χ1) is 24.3. The highest BCUT2D eigenvalue weighted by Crippen LogP contribution is 2.46. The van der Waals surface area contributed by atoms with Crippen LogP contribution < -0.4 is 0 Å². The van der Waals surface area contributed by atoms with Crippen molar-refractivity contribution in [2.75, 3.05) is 0 Å². The summed E-state index contributed by atoms with van der Waals surface area (Å²) in [5.74, 6) is 0. The van der Waals surface area contributed by atoms with Gasteiger partial charge in [0.05, 0.1) is 0 Å². The van der Waals surface area contributed by atoms with Crippen LogP contribution >= 0.6 is 0 Å². The Morgan fingerprint density at radius 1 is 0.265 bits per heavy atom. The molecule has 0 aliphatic rings. The number of hydrogen-bond donors (Lipinski definition) is 0. The van der Waals surface area contributed by atoms with Crippen molar-refractivity contribution in [1.29, 1.82) is 0 Å². The second-order valence-corrected chi connectivity index (χ2v) is 13.3. The van der Waals surface area contributed by atoms with Gasteiger partial charge in [0, 0.05) is 10.8 Å². The molecule has 0 saturated carbocycles. The summed E-state index contributed by atoms with van der Waals surface area (Å²) in [6.45, 7) is 0. The van der Waals surface area contributed by atoms with Gasteiger partial charge < -0.3 is 4.42 Å². The Kier molecular flexibility index (Phi) is 5.45. The van der Waals surface area contributed by atoms with E-state index in [1.54, 1.807) is 0 Å². The molecule has 49 heavy (non-hydrogen) atoms. The van der Waals surface area contributed by atoms with E-state index < -0.39 is 0 Å². The number of fused-ring (bicyclic) bond motifs is 5. The molecule has 0 spiro atoms. The summed E-state index contributed by atoms with van der Waals surface area (Å²) in [7, 11) is 0. The number of rotatable bonds is 3. The van der Waals surface area contributed by atoms with Gasteiger partial charge in [-0.2, -0.15) is 0 Å². The highest BCUT2D eigenvalue weighted by atomic mass is 16.3. The molecule has 226 valence electrons. The molecule has 0 fully saturated rings. The van der Waals surface area contributed by atoms with E-state index in [1.165, 1.54) is 81.7 Å². The van der Waals surface area contributed by atoms with Crippen LogP contribution in [0.1, 0.15) is 0 Å². The lowest BCUT2D eigenvalue weighted by atomic mass is 9.87. The molecule has 10 aromatic carbocycles. The zero-order valence-electron chi connectivity index (χ0n) is 26.6. The van der Waals surface area contributed by atoms with E-state index in [9.17, 15) is 0 Å². The molecule has 1 nitrogen and oxygen atoms in total. The van der Waals surface area contributed by atoms with Gasteiger partial charge >= 0.3 is 0 Å². The maximum absolute atomic E-state index is 6.87. The molecule has 0 N–H and O–H groups in total. The van der Waals surface area contributed by atoms with Gasteiger partial charge in [-0.15, -0.1) is 0 Å². The minimum Gasteiger partial charge on any atom is -0.456 e. The van der Waals surface area contributed by atoms with E-state index in [0.717, 1.165) is 27.5 Å². The fourth-order valence-electron chi connectivity index (χ4n) is 8.27. The Labute approximate surface area is 282 Å². The maximum Gasteiger partial charge on any atom is 0.136 e. The third kappa shape index (κ3) is 3.94. The standard InChI is InChI=1S/C48H28O/c1-2-8-29(9-3-1)34-18-19-35-25-43-44(27-36(35)24-34)49-45-28-37(39-15-7-11-30-10-4-5-14-38(30)39)26-42(48(43)45)40-22-20-33-17-16-31-12-6-13-32-21-23-41(40)47(33)46(31)32/h1-28H. The van der Waals surface area contributed by atoms with Crippen molar-refractivity contribution in [3.05, 3.63) is 170 Å². The normalized spacial score (nSPS) is 12.1. The summed E-state index contributed by atoms with van der Waals surface area (Å²) in [6, 6.07) is 62.1. The summed E-state index contributed by atoms with van der Waals surface area (Å²) >= 11 is 0. The molecular formula is C48H28O. The summed E-state index contributed by atoms with van der Waals surface area (Å²) in [6.07, 6.45) is 0. The van der Waals surface area contributed by atoms with Crippen molar-refractivity contribution in [1.82, 2.24) is 0 Å². The molecule has 0 amide bonds. The van der Waals surface area contributed by atoms with Crippen LogP contribution in [0, 0.1) is 0 Å². The first-order valence-electron chi connectivity index (χ1n) is 16.9. The van der Waals surface area contributed by atoms with Crippen LogP contribution in [0.15, 0.2) is 174 Å². The minimum atomic E-state index is 0.903. The van der Waals surface area contributed by atoms with Crippen molar-refractivity contribution in [3.8, 4) is 33.4 Å². The van der Waals surface area contributed by atoms with E-state index in [4.69, 9.17) is 4.42 Å². The van der Waals surface area contributed by atoms with E-state index in [1.807, 2.05) is 0 Å². The molecule has 0 saturated heterocycles. The second-order valence-electron chi connectivity index (χ2n) is 13.3. The maximum atomic E-state index is 6.87. The molecule has 0 bridgehead atoms. The van der Waals surface area contributed by atoms with Crippen LogP contribution in [0.5, 0.6) is 0 Å². The fourth-order valence-corrected chi connectivity index (χ4v) is 8.27. The highest BCUT2D eigenvalue weighted by molar-refractivity contribution is 6.27. The smallest absolute Gasteiger partial charge is 0.136 e. The predicted molar refractivity (Wildman–Crippen MR) is 209 cm³/mol. The lowest BCUT2D eigenvalue weighted by Crippen LogP contribution is -1.89. The molecule has 1 heteroatoms. The molecule has 0 unspecified atom stereocenters. The molecule has 0 aliphatic heterocycles. The largest absolute Gasteiger partial charge is 0.456 e. The summed E-state index contributed by atoms with van der Waals surface area (Å²) in [4.78, 5) is 0. The summed E-state index contributed by atoms with van der Waals surface area (Å²) in [5, 5.41) is 14.9. The Morgan fingerprint density at radius 3 is 1.88 bits per heavy atom. The van der Waals surface area contributed by atoms with Gasteiger partial charge in [0.25, 0.3) is 0 Å². The van der Waals surface area contributed by atoms with Gasteiger partial charge in [0.2, 0.25) is 0 Å². The Morgan fingerprint density at radius 2 is 0.980 bits per heavy atom. The quantitative estimate of drug-likeness (QED) is 0.179. The summed E-state index contributed by atoms with van der Waals surface area (Å²) < 4.78 is 6.87. The minimum absolute atomic E-state index is 0.903. The molecule has 0 radical (unpaired) electrons. The second kappa shape index (κ2) is 10.0. The SMILES string of the molecule is c1ccc(-c2ccc3cc4c(cc3c2)oc2cc(-c3cccc5ccccc35)cc(-c3ccc5ccc6cccc7ccc3c5c67)c24)cc1. The zero-order chi connectivity index (χ0) is 32.1. The third-order valence-electron chi connectivity index (χ3n) is 10.6. The van der Waals surface area contributed by atoms with Crippen molar-refractivity contribution >= 4 is 75.8 Å². The molecule has 0 atom stereocenters. The molecule has 11 aromatic rings. The third-order valence-corrected chi connectivity index (χ3v) is 10.6. The average Bonchev–Trinajstić information content (AvgIpc) is 3.52. The van der Waals surface area contributed by atoms with Crippen LogP contribution in [-0.4, -0.2) is 0 Å². The van der Waals surface area contributed by atoms with E-state index in [2.05, 4.69) is 170 Å². The van der Waals surface area contributed by atoms with Gasteiger partial charge in [0.1, 0.15) is 11.2 Å². The molecule has 0 aliphatic carbocycles. The Balaban J connectivity index is 1.25. The number of benzene rings is 10. The van der Waals surface area contributed by atoms with Gasteiger partial charge in [-0.25, -0.2) is 0 Å². The van der Waals surface area contributed by atoms with Crippen molar-refractivity contribution in [3.63, 3.8) is 0 Å². The van der Waals surface area contributed by atoms with Crippen LogP contribution in [0.4, 0.5) is 0 Å². The first kappa shape index (κ1) is 26.6. The molecule has 11 rings (SSSR count). The van der Waals surface area contributed by atoms with Gasteiger partial charge in [-0.3, -0.25) is 0 Å². The monoisotopic (exact) mass is 620 g/mol. The molecule has 1 heterocycles.